The molecule has 1 aromatic rings. The third-order valence-electron chi connectivity index (χ3n) is 2.89. The second kappa shape index (κ2) is 6.64. The van der Waals surface area contributed by atoms with Gasteiger partial charge in [0.15, 0.2) is 0 Å². The van der Waals surface area contributed by atoms with Gasteiger partial charge in [-0.2, -0.15) is 13.2 Å². The van der Waals surface area contributed by atoms with Crippen LogP contribution in [0, 0.1) is 0 Å². The minimum atomic E-state index is -4.32. The molecule has 0 aliphatic rings. The molecule has 0 aliphatic heterocycles. The van der Waals surface area contributed by atoms with E-state index >= 15 is 0 Å². The summed E-state index contributed by atoms with van der Waals surface area (Å²) >= 11 is 0. The highest BCUT2D eigenvalue weighted by atomic mass is 19.4. The molecule has 0 spiro atoms. The van der Waals surface area contributed by atoms with Gasteiger partial charge in [0.25, 0.3) is 0 Å². The second-order valence-corrected chi connectivity index (χ2v) is 4.08. The van der Waals surface area contributed by atoms with E-state index in [1.165, 1.54) is 11.0 Å². The number of likely N-dealkylation sites (N-methyl/N-ethyl adjacent to an activating group) is 1. The molecule has 0 bridgehead atoms. The minimum Gasteiger partial charge on any atom is -0.488 e. The van der Waals surface area contributed by atoms with Crippen molar-refractivity contribution >= 4 is 0 Å². The van der Waals surface area contributed by atoms with E-state index in [-0.39, 0.29) is 5.75 Å². The van der Waals surface area contributed by atoms with Crippen molar-refractivity contribution in [1.29, 1.82) is 0 Å². The van der Waals surface area contributed by atoms with Gasteiger partial charge in [0.2, 0.25) is 0 Å². The van der Waals surface area contributed by atoms with Crippen molar-refractivity contribution in [3.8, 4) is 5.75 Å². The normalized spacial score (nSPS) is 11.9. The molecular formula is C13H19F3NO+. The number of alkyl halides is 3. The lowest BCUT2D eigenvalue weighted by Gasteiger charge is -2.16. The molecule has 1 N–H and O–H groups in total. The van der Waals surface area contributed by atoms with Gasteiger partial charge in [0.05, 0.1) is 18.7 Å². The minimum absolute atomic E-state index is 0.274. The van der Waals surface area contributed by atoms with Gasteiger partial charge in [-0.05, 0) is 32.0 Å². The highest BCUT2D eigenvalue weighted by Crippen LogP contribution is 2.31. The molecule has 2 nitrogen and oxygen atoms in total. The zero-order chi connectivity index (χ0) is 13.6. The van der Waals surface area contributed by atoms with Crippen LogP contribution in [0.15, 0.2) is 24.3 Å². The van der Waals surface area contributed by atoms with E-state index in [9.17, 15) is 13.2 Å². The predicted octanol–water partition coefficient (Wildman–Crippen LogP) is 2.01. The molecule has 5 heteroatoms. The molecule has 1 aromatic carbocycles. The highest BCUT2D eigenvalue weighted by molar-refractivity contribution is 5.30. The lowest BCUT2D eigenvalue weighted by Crippen LogP contribution is -3.12. The first-order valence-electron chi connectivity index (χ1n) is 6.11. The lowest BCUT2D eigenvalue weighted by molar-refractivity contribution is -0.896. The van der Waals surface area contributed by atoms with Crippen LogP contribution in [0.5, 0.6) is 5.75 Å². The molecule has 0 radical (unpaired) electrons. The summed E-state index contributed by atoms with van der Waals surface area (Å²) in [4.78, 5) is 1.36. The number of rotatable bonds is 6. The zero-order valence-corrected chi connectivity index (χ0v) is 10.7. The van der Waals surface area contributed by atoms with Crippen molar-refractivity contribution in [3.05, 3.63) is 29.8 Å². The summed E-state index contributed by atoms with van der Waals surface area (Å²) in [6.45, 7) is 7.35. The smallest absolute Gasteiger partial charge is 0.416 e. The summed E-state index contributed by atoms with van der Waals surface area (Å²) < 4.78 is 42.8. The Bertz CT molecular complexity index is 361. The Morgan fingerprint density at radius 3 is 2.39 bits per heavy atom. The average molecular weight is 262 g/mol. The first-order chi connectivity index (χ1) is 8.47. The van der Waals surface area contributed by atoms with Gasteiger partial charge in [0, 0.05) is 0 Å². The van der Waals surface area contributed by atoms with Gasteiger partial charge in [-0.15, -0.1) is 0 Å². The van der Waals surface area contributed by atoms with Gasteiger partial charge in [0.1, 0.15) is 18.9 Å². The van der Waals surface area contributed by atoms with Gasteiger partial charge in [-0.3, -0.25) is 0 Å². The third kappa shape index (κ3) is 4.56. The van der Waals surface area contributed by atoms with Crippen LogP contribution in [0.1, 0.15) is 19.4 Å². The number of nitrogens with one attached hydrogen (secondary N) is 1. The summed E-state index contributed by atoms with van der Waals surface area (Å²) in [5.41, 5.74) is -0.671. The van der Waals surface area contributed by atoms with Gasteiger partial charge in [-0.25, -0.2) is 0 Å². The Balaban J connectivity index is 2.53. The fraction of sp³-hybridized carbons (Fsp3) is 0.538. The molecule has 1 rings (SSSR count). The zero-order valence-electron chi connectivity index (χ0n) is 10.7. The first-order valence-corrected chi connectivity index (χ1v) is 6.11. The SMILES string of the molecule is CC[NH+](CC)CCOc1cccc(C(F)(F)F)c1. The van der Waals surface area contributed by atoms with Gasteiger partial charge < -0.3 is 9.64 Å². The van der Waals surface area contributed by atoms with E-state index in [0.717, 1.165) is 31.8 Å². The predicted molar refractivity (Wildman–Crippen MR) is 63.9 cm³/mol. The van der Waals surface area contributed by atoms with Crippen molar-refractivity contribution in [2.45, 2.75) is 20.0 Å². The van der Waals surface area contributed by atoms with Crippen LogP contribution in [0.25, 0.3) is 0 Å². The summed E-state index contributed by atoms with van der Waals surface area (Å²) in [7, 11) is 0. The molecule has 0 saturated heterocycles. The molecule has 0 atom stereocenters. The van der Waals surface area contributed by atoms with Crippen LogP contribution in [0.4, 0.5) is 13.2 Å². The standard InChI is InChI=1S/C13H18F3NO/c1-3-17(4-2)8-9-18-12-7-5-6-11(10-12)13(14,15)16/h5-7,10H,3-4,8-9H2,1-2H3/p+1. The van der Waals surface area contributed by atoms with Crippen molar-refractivity contribution in [2.24, 2.45) is 0 Å². The fourth-order valence-electron chi connectivity index (χ4n) is 1.68. The topological polar surface area (TPSA) is 13.7 Å². The molecule has 0 aromatic heterocycles. The van der Waals surface area contributed by atoms with Gasteiger partial charge >= 0.3 is 6.18 Å². The molecule has 102 valence electrons. The lowest BCUT2D eigenvalue weighted by atomic mass is 10.2. The maximum absolute atomic E-state index is 12.5. The molecular weight excluding hydrogens is 243 g/mol. The summed E-state index contributed by atoms with van der Waals surface area (Å²) in [6, 6.07) is 5.00. The largest absolute Gasteiger partial charge is 0.488 e. The van der Waals surface area contributed by atoms with Crippen molar-refractivity contribution in [3.63, 3.8) is 0 Å². The summed E-state index contributed by atoms with van der Waals surface area (Å²) in [5, 5.41) is 0. The van der Waals surface area contributed by atoms with E-state index in [1.807, 2.05) is 0 Å². The van der Waals surface area contributed by atoms with Crippen LogP contribution < -0.4 is 9.64 Å². The number of benzene rings is 1. The van der Waals surface area contributed by atoms with E-state index in [1.54, 1.807) is 6.07 Å². The van der Waals surface area contributed by atoms with Crippen LogP contribution in [-0.4, -0.2) is 26.2 Å². The first kappa shape index (κ1) is 14.8. The van der Waals surface area contributed by atoms with Gasteiger partial charge in [-0.1, -0.05) is 6.07 Å². The second-order valence-electron chi connectivity index (χ2n) is 4.08. The summed E-state index contributed by atoms with van der Waals surface area (Å²) in [5.74, 6) is 0.274. The fourth-order valence-corrected chi connectivity index (χ4v) is 1.68. The Labute approximate surface area is 105 Å². The molecule has 0 saturated carbocycles. The van der Waals surface area contributed by atoms with Crippen LogP contribution in [0.3, 0.4) is 0 Å². The molecule has 0 aliphatic carbocycles. The third-order valence-corrected chi connectivity index (χ3v) is 2.89. The van der Waals surface area contributed by atoms with E-state index < -0.39 is 11.7 Å². The van der Waals surface area contributed by atoms with Crippen molar-refractivity contribution in [2.75, 3.05) is 26.2 Å². The molecule has 18 heavy (non-hydrogen) atoms. The number of quaternary nitrogens is 1. The Morgan fingerprint density at radius 1 is 1.17 bits per heavy atom. The Kier molecular flexibility index (Phi) is 5.47. The number of ether oxygens (including phenoxy) is 1. The molecule has 0 unspecified atom stereocenters. The van der Waals surface area contributed by atoms with E-state index in [4.69, 9.17) is 4.74 Å². The molecule has 0 amide bonds. The average Bonchev–Trinajstić information content (AvgIpc) is 2.34. The van der Waals surface area contributed by atoms with E-state index in [2.05, 4.69) is 13.8 Å². The quantitative estimate of drug-likeness (QED) is 0.828. The Morgan fingerprint density at radius 2 is 1.83 bits per heavy atom. The van der Waals surface area contributed by atoms with Crippen LogP contribution in [-0.2, 0) is 6.18 Å². The maximum atomic E-state index is 12.5. The Hall–Kier alpha value is -1.23. The van der Waals surface area contributed by atoms with Crippen molar-refractivity contribution in [1.82, 2.24) is 0 Å². The van der Waals surface area contributed by atoms with E-state index in [0.29, 0.717) is 6.61 Å². The summed E-state index contributed by atoms with van der Waals surface area (Å²) in [6.07, 6.45) is -4.32. The number of halogens is 3. The highest BCUT2D eigenvalue weighted by Gasteiger charge is 2.30. The number of hydrogen-bond acceptors (Lipinski definition) is 1. The maximum Gasteiger partial charge on any atom is 0.416 e. The van der Waals surface area contributed by atoms with Crippen LogP contribution in [0.2, 0.25) is 0 Å². The molecule has 0 heterocycles. The van der Waals surface area contributed by atoms with Crippen LogP contribution >= 0.6 is 0 Å². The molecule has 0 fully saturated rings. The number of hydrogen-bond donors (Lipinski definition) is 1. The van der Waals surface area contributed by atoms with Crippen molar-refractivity contribution < 1.29 is 22.8 Å². The monoisotopic (exact) mass is 262 g/mol.